The van der Waals surface area contributed by atoms with Gasteiger partial charge in [-0.2, -0.15) is 26.3 Å². The van der Waals surface area contributed by atoms with E-state index in [1.54, 1.807) is 11.3 Å². The molecule has 0 amide bonds. The molecule has 12 heteroatoms. The molecule has 4 rings (SSSR count). The van der Waals surface area contributed by atoms with Gasteiger partial charge in [0.25, 0.3) is 0 Å². The van der Waals surface area contributed by atoms with E-state index >= 15 is 0 Å². The lowest BCUT2D eigenvalue weighted by molar-refractivity contribution is -0.192. The van der Waals surface area contributed by atoms with E-state index in [1.165, 1.54) is 11.6 Å². The molecule has 0 bridgehead atoms. The number of H-pyrrole nitrogens is 1. The predicted octanol–water partition coefficient (Wildman–Crippen LogP) is 7.11. The molecule has 0 atom stereocenters. The number of nitrogens with zero attached hydrogens (tertiary/aromatic N) is 1. The van der Waals surface area contributed by atoms with Gasteiger partial charge < -0.3 is 15.4 Å². The van der Waals surface area contributed by atoms with Gasteiger partial charge in [-0.3, -0.25) is 0 Å². The van der Waals surface area contributed by atoms with Crippen LogP contribution in [-0.2, 0) is 17.5 Å². The maximum Gasteiger partial charge on any atom is 0.490 e. The summed E-state index contributed by atoms with van der Waals surface area (Å²) in [6.07, 6.45) is -9.45. The Morgan fingerprint density at radius 1 is 1.00 bits per heavy atom. The van der Waals surface area contributed by atoms with E-state index in [0.717, 1.165) is 34.0 Å². The standard InChI is InChI=1S/C22H20F3N3S.C2HF3O2/c1-13(2)26-12-14-3-5-15(6-4-14)19-9-10-20(29-19)21-27-17-8-7-16(22(23,24)25)11-18(17)28-21;3-2(4,5)1(6)7/h3-11,13,26H,12H2,1-2H3,(H,27,28);(H,6,7). The van der Waals surface area contributed by atoms with Crippen LogP contribution in [0.15, 0.2) is 54.6 Å². The fourth-order valence-corrected chi connectivity index (χ4v) is 3.99. The zero-order valence-corrected chi connectivity index (χ0v) is 19.8. The van der Waals surface area contributed by atoms with Gasteiger partial charge >= 0.3 is 18.3 Å². The van der Waals surface area contributed by atoms with Crippen LogP contribution in [0.4, 0.5) is 26.3 Å². The Morgan fingerprint density at radius 3 is 2.17 bits per heavy atom. The molecule has 36 heavy (non-hydrogen) atoms. The van der Waals surface area contributed by atoms with Crippen molar-refractivity contribution in [2.75, 3.05) is 0 Å². The molecular weight excluding hydrogens is 508 g/mol. The van der Waals surface area contributed by atoms with Crippen LogP contribution in [0.1, 0.15) is 25.0 Å². The topological polar surface area (TPSA) is 78.0 Å². The van der Waals surface area contributed by atoms with Crippen molar-refractivity contribution < 1.29 is 36.2 Å². The van der Waals surface area contributed by atoms with Crippen molar-refractivity contribution in [2.45, 2.75) is 38.8 Å². The minimum Gasteiger partial charge on any atom is -0.475 e. The number of carbonyl (C=O) groups is 1. The number of hydrogen-bond acceptors (Lipinski definition) is 4. The number of aromatic nitrogens is 2. The Balaban J connectivity index is 0.000000454. The molecule has 5 nitrogen and oxygen atoms in total. The summed E-state index contributed by atoms with van der Waals surface area (Å²) >= 11 is 1.56. The summed E-state index contributed by atoms with van der Waals surface area (Å²) in [5.41, 5.74) is 2.54. The number of aliphatic carboxylic acids is 1. The van der Waals surface area contributed by atoms with Gasteiger partial charge in [0.05, 0.1) is 21.5 Å². The lowest BCUT2D eigenvalue weighted by atomic mass is 10.1. The van der Waals surface area contributed by atoms with Crippen LogP contribution in [0.5, 0.6) is 0 Å². The molecule has 192 valence electrons. The molecule has 0 saturated carbocycles. The van der Waals surface area contributed by atoms with Gasteiger partial charge in [-0.15, -0.1) is 11.3 Å². The van der Waals surface area contributed by atoms with E-state index in [2.05, 4.69) is 53.4 Å². The quantitative estimate of drug-likeness (QED) is 0.241. The Morgan fingerprint density at radius 2 is 1.61 bits per heavy atom. The molecule has 2 aromatic carbocycles. The molecule has 2 aromatic heterocycles. The van der Waals surface area contributed by atoms with Crippen LogP contribution >= 0.6 is 11.3 Å². The summed E-state index contributed by atoms with van der Waals surface area (Å²) in [5.74, 6) is -2.18. The molecule has 0 fully saturated rings. The first-order chi connectivity index (χ1) is 16.7. The first kappa shape index (κ1) is 27.2. The third-order valence-corrected chi connectivity index (χ3v) is 5.99. The molecule has 0 aliphatic rings. The molecule has 0 saturated heterocycles. The number of carboxylic acids is 1. The molecular formula is C24H21F6N3O2S. The minimum absolute atomic E-state index is 0.381. The maximum absolute atomic E-state index is 12.9. The van der Waals surface area contributed by atoms with Crippen molar-refractivity contribution in [1.82, 2.24) is 15.3 Å². The average Bonchev–Trinajstić information content (AvgIpc) is 3.44. The second-order valence-corrected chi connectivity index (χ2v) is 9.10. The number of carboxylic acid groups (broad SMARTS) is 1. The highest BCUT2D eigenvalue weighted by atomic mass is 32.1. The number of aromatic amines is 1. The van der Waals surface area contributed by atoms with Crippen LogP contribution in [0.25, 0.3) is 32.2 Å². The highest BCUT2D eigenvalue weighted by Crippen LogP contribution is 2.35. The summed E-state index contributed by atoms with van der Waals surface area (Å²) in [6.45, 7) is 5.06. The van der Waals surface area contributed by atoms with E-state index in [0.29, 0.717) is 22.9 Å². The molecule has 3 N–H and O–H groups in total. The Kier molecular flexibility index (Phi) is 8.09. The first-order valence-corrected chi connectivity index (χ1v) is 11.4. The average molecular weight is 530 g/mol. The monoisotopic (exact) mass is 529 g/mol. The lowest BCUT2D eigenvalue weighted by Gasteiger charge is -2.08. The van der Waals surface area contributed by atoms with Crippen molar-refractivity contribution in [3.8, 4) is 21.1 Å². The first-order valence-electron chi connectivity index (χ1n) is 10.5. The van der Waals surface area contributed by atoms with Gasteiger partial charge in [-0.1, -0.05) is 38.1 Å². The molecule has 0 unspecified atom stereocenters. The number of imidazole rings is 1. The lowest BCUT2D eigenvalue weighted by Crippen LogP contribution is -2.21. The van der Waals surface area contributed by atoms with Crippen molar-refractivity contribution in [1.29, 1.82) is 0 Å². The fourth-order valence-electron chi connectivity index (χ4n) is 3.03. The van der Waals surface area contributed by atoms with Gasteiger partial charge in [0.2, 0.25) is 0 Å². The van der Waals surface area contributed by atoms with E-state index in [-0.39, 0.29) is 0 Å². The normalized spacial score (nSPS) is 12.0. The zero-order chi connectivity index (χ0) is 26.7. The van der Waals surface area contributed by atoms with Crippen molar-refractivity contribution in [2.24, 2.45) is 0 Å². The highest BCUT2D eigenvalue weighted by Gasteiger charge is 2.38. The van der Waals surface area contributed by atoms with Crippen molar-refractivity contribution in [3.05, 3.63) is 65.7 Å². The van der Waals surface area contributed by atoms with Crippen LogP contribution in [0, 0.1) is 0 Å². The predicted molar refractivity (Wildman–Crippen MR) is 126 cm³/mol. The molecule has 0 aliphatic heterocycles. The van der Waals surface area contributed by atoms with E-state index in [9.17, 15) is 26.3 Å². The molecule has 2 heterocycles. The highest BCUT2D eigenvalue weighted by molar-refractivity contribution is 7.18. The number of nitrogens with one attached hydrogen (secondary N) is 2. The van der Waals surface area contributed by atoms with Crippen LogP contribution in [-0.4, -0.2) is 33.3 Å². The van der Waals surface area contributed by atoms with Gasteiger partial charge in [-0.05, 0) is 41.5 Å². The van der Waals surface area contributed by atoms with Crippen molar-refractivity contribution in [3.63, 3.8) is 0 Å². The van der Waals surface area contributed by atoms with E-state index in [1.807, 2.05) is 12.1 Å². The summed E-state index contributed by atoms with van der Waals surface area (Å²) in [4.78, 5) is 18.3. The van der Waals surface area contributed by atoms with Crippen molar-refractivity contribution >= 4 is 28.3 Å². The van der Waals surface area contributed by atoms with E-state index < -0.39 is 23.9 Å². The largest absolute Gasteiger partial charge is 0.490 e. The number of thiophene rings is 1. The van der Waals surface area contributed by atoms with Gasteiger partial charge in [0.1, 0.15) is 5.82 Å². The smallest absolute Gasteiger partial charge is 0.475 e. The zero-order valence-electron chi connectivity index (χ0n) is 19.0. The van der Waals surface area contributed by atoms with Gasteiger partial charge in [0.15, 0.2) is 0 Å². The minimum atomic E-state index is -5.08. The molecule has 0 spiro atoms. The Hall–Kier alpha value is -3.38. The molecule has 4 aromatic rings. The summed E-state index contributed by atoms with van der Waals surface area (Å²) < 4.78 is 70.5. The molecule has 0 radical (unpaired) electrons. The van der Waals surface area contributed by atoms with Crippen LogP contribution in [0.2, 0.25) is 0 Å². The number of alkyl halides is 6. The number of halogens is 6. The number of rotatable bonds is 5. The fraction of sp³-hybridized carbons (Fsp3) is 0.250. The summed E-state index contributed by atoms with van der Waals surface area (Å²) in [7, 11) is 0. The van der Waals surface area contributed by atoms with E-state index in [4.69, 9.17) is 9.90 Å². The van der Waals surface area contributed by atoms with Crippen LogP contribution in [0.3, 0.4) is 0 Å². The van der Waals surface area contributed by atoms with Crippen LogP contribution < -0.4 is 5.32 Å². The SMILES string of the molecule is CC(C)NCc1ccc(-c2ccc(-c3nc4ccc(C(F)(F)F)cc4[nH]3)s2)cc1.O=C(O)C(F)(F)F. The second kappa shape index (κ2) is 10.7. The number of fused-ring (bicyclic) bond motifs is 1. The number of hydrogen-bond donors (Lipinski definition) is 3. The third kappa shape index (κ3) is 7.08. The number of benzene rings is 2. The molecule has 0 aliphatic carbocycles. The Bertz CT molecular complexity index is 1320. The Labute approximate surface area is 205 Å². The third-order valence-electron chi connectivity index (χ3n) is 4.84. The summed E-state index contributed by atoms with van der Waals surface area (Å²) in [6, 6.07) is 16.3. The maximum atomic E-state index is 12.9. The van der Waals surface area contributed by atoms with Gasteiger partial charge in [-0.25, -0.2) is 9.78 Å². The second-order valence-electron chi connectivity index (χ2n) is 8.01. The summed E-state index contributed by atoms with van der Waals surface area (Å²) in [5, 5.41) is 10.5. The van der Waals surface area contributed by atoms with Gasteiger partial charge in [0, 0.05) is 17.5 Å².